The molecule has 0 rings (SSSR count). The summed E-state index contributed by atoms with van der Waals surface area (Å²) in [6, 6.07) is 0. The van der Waals surface area contributed by atoms with Crippen LogP contribution in [0.4, 0.5) is 0 Å². The molecule has 0 fully saturated rings. The van der Waals surface area contributed by atoms with Crippen molar-refractivity contribution in [3.05, 3.63) is 0 Å². The maximum absolute atomic E-state index is 8.74. The minimum atomic E-state index is -4.67. The minimum absolute atomic E-state index is 3.65. The zero-order valence-corrected chi connectivity index (χ0v) is 5.40. The topological polar surface area (TPSA) is 74.6 Å². The standard InChI is InChI=1S/Cu.H2O4S.S/c;1-5(2,3)4;/h;(H2,1,2,3,4);. The summed E-state index contributed by atoms with van der Waals surface area (Å²) in [5.74, 6) is 0. The van der Waals surface area contributed by atoms with E-state index in [1.807, 2.05) is 0 Å². The van der Waals surface area contributed by atoms with E-state index >= 15 is 0 Å². The third kappa shape index (κ3) is 378. The first-order valence-electron chi connectivity index (χ1n) is 0.822. The van der Waals surface area contributed by atoms with Crippen LogP contribution in [0.2, 0.25) is 0 Å². The van der Waals surface area contributed by atoms with E-state index in [9.17, 15) is 0 Å². The molecule has 0 unspecified atom stereocenters. The first-order chi connectivity index (χ1) is 3.00. The van der Waals surface area contributed by atoms with Gasteiger partial charge >= 0.3 is 35.3 Å². The van der Waals surface area contributed by atoms with E-state index < -0.39 is 10.4 Å². The van der Waals surface area contributed by atoms with Gasteiger partial charge in [0.25, 0.3) is 0 Å². The maximum atomic E-state index is 8.74. The third-order valence-electron chi connectivity index (χ3n) is 0. The second kappa shape index (κ2) is 4.76. The molecule has 0 heterocycles. The quantitative estimate of drug-likeness (QED) is 0.418. The second-order valence-corrected chi connectivity index (χ2v) is 1.34. The molecule has 0 spiro atoms. The van der Waals surface area contributed by atoms with Crippen LogP contribution in [0.1, 0.15) is 0 Å². The predicted octanol–water partition coefficient (Wildman–Crippen LogP) is -0.00710. The van der Waals surface area contributed by atoms with Gasteiger partial charge in [-0.25, -0.2) is 0 Å². The molecule has 0 atom stereocenters. The number of rotatable bonds is 0. The van der Waals surface area contributed by atoms with Gasteiger partial charge in [-0.15, -0.1) is 0 Å². The van der Waals surface area contributed by atoms with Gasteiger partial charge in [-0.2, -0.15) is 8.42 Å². The summed E-state index contributed by atoms with van der Waals surface area (Å²) in [6.07, 6.45) is 0. The fourth-order valence-corrected chi connectivity index (χ4v) is 0. The summed E-state index contributed by atoms with van der Waals surface area (Å²) in [6.45, 7) is 0. The van der Waals surface area contributed by atoms with Crippen LogP contribution >= 0.6 is 10.6 Å². The van der Waals surface area contributed by atoms with Gasteiger partial charge in [0.05, 0.1) is 0 Å². The Balaban J connectivity index is 0. The van der Waals surface area contributed by atoms with Crippen molar-refractivity contribution in [2.45, 2.75) is 0 Å². The fourth-order valence-electron chi connectivity index (χ4n) is 0. The molecule has 4 nitrogen and oxygen atoms in total. The normalized spacial score (nSPS) is 9.14. The zero-order chi connectivity index (χ0) is 6.50. The van der Waals surface area contributed by atoms with Crippen molar-refractivity contribution in [2.24, 2.45) is 0 Å². The average molecular weight is 194 g/mol. The van der Waals surface area contributed by atoms with E-state index in [0.717, 1.165) is 0 Å². The van der Waals surface area contributed by atoms with Crippen LogP contribution in [-0.2, 0) is 24.8 Å². The van der Waals surface area contributed by atoms with Gasteiger partial charge in [0.1, 0.15) is 0 Å². The molecule has 0 aliphatic carbocycles. The molecule has 0 saturated carbocycles. The van der Waals surface area contributed by atoms with Gasteiger partial charge in [0.15, 0.2) is 0 Å². The molecular weight excluding hydrogens is 192 g/mol. The molecule has 0 aromatic carbocycles. The van der Waals surface area contributed by atoms with E-state index in [1.54, 1.807) is 0 Å². The predicted molar refractivity (Wildman–Crippen MR) is 21.8 cm³/mol. The molecule has 0 radical (unpaired) electrons. The van der Waals surface area contributed by atoms with Crippen LogP contribution < -0.4 is 0 Å². The molecule has 7 heavy (non-hydrogen) atoms. The number of hydrogen-bond acceptors (Lipinski definition) is 3. The van der Waals surface area contributed by atoms with E-state index in [0.29, 0.717) is 0 Å². The van der Waals surface area contributed by atoms with Crippen LogP contribution in [0.5, 0.6) is 0 Å². The van der Waals surface area contributed by atoms with Crippen LogP contribution in [-0.4, -0.2) is 17.5 Å². The Morgan fingerprint density at radius 1 is 1.29 bits per heavy atom. The molecule has 7 heteroatoms. The molecule has 0 saturated heterocycles. The number of hydrogen-bond donors (Lipinski definition) is 2. The van der Waals surface area contributed by atoms with E-state index in [1.165, 1.54) is 0 Å². The van der Waals surface area contributed by atoms with E-state index in [2.05, 4.69) is 24.9 Å². The first-order valence-corrected chi connectivity index (χ1v) is 3.62. The van der Waals surface area contributed by atoms with Crippen LogP contribution in [0.3, 0.4) is 0 Å². The fraction of sp³-hybridized carbons (Fsp3) is 0. The molecule has 0 aliphatic heterocycles. The van der Waals surface area contributed by atoms with E-state index in [4.69, 9.17) is 17.5 Å². The van der Waals surface area contributed by atoms with Crippen molar-refractivity contribution in [2.75, 3.05) is 0 Å². The first kappa shape index (κ1) is 10.6. The van der Waals surface area contributed by atoms with Crippen LogP contribution in [0.25, 0.3) is 0 Å². The monoisotopic (exact) mass is 193 g/mol. The Kier molecular flexibility index (Phi) is 7.18. The van der Waals surface area contributed by atoms with Crippen molar-refractivity contribution < 1.29 is 31.9 Å². The zero-order valence-electron chi connectivity index (χ0n) is 2.83. The summed E-state index contributed by atoms with van der Waals surface area (Å²) < 4.78 is 31.6. The molecule has 0 aliphatic rings. The van der Waals surface area contributed by atoms with Gasteiger partial charge in [-0.1, -0.05) is 0 Å². The van der Waals surface area contributed by atoms with Crippen molar-refractivity contribution in [3.8, 4) is 0 Å². The SMILES string of the molecule is O=S(=O)(O)O.[S]=[Cu]. The Morgan fingerprint density at radius 2 is 1.29 bits per heavy atom. The van der Waals surface area contributed by atoms with Crippen LogP contribution in [0, 0.1) is 0 Å². The Hall–Kier alpha value is 0.609. The summed E-state index contributed by atoms with van der Waals surface area (Å²) in [5, 5.41) is 0. The van der Waals surface area contributed by atoms with Crippen molar-refractivity contribution in [3.63, 3.8) is 0 Å². The summed E-state index contributed by atoms with van der Waals surface area (Å²) in [4.78, 5) is 0. The average Bonchev–Trinajstić information content (AvgIpc) is 1.36. The third-order valence-corrected chi connectivity index (χ3v) is 0. The molecule has 0 amide bonds. The molecule has 0 aromatic heterocycles. The molecule has 0 bridgehead atoms. The molecule has 49 valence electrons. The van der Waals surface area contributed by atoms with E-state index in [-0.39, 0.29) is 0 Å². The van der Waals surface area contributed by atoms with Crippen molar-refractivity contribution in [1.82, 2.24) is 0 Å². The molecular formula is H2CuO4S2. The van der Waals surface area contributed by atoms with Crippen molar-refractivity contribution in [1.29, 1.82) is 0 Å². The summed E-state index contributed by atoms with van der Waals surface area (Å²) in [7, 11) is -1.02. The second-order valence-electron chi connectivity index (χ2n) is 0.448. The van der Waals surface area contributed by atoms with Gasteiger partial charge < -0.3 is 0 Å². The van der Waals surface area contributed by atoms with Crippen LogP contribution in [0.15, 0.2) is 0 Å². The van der Waals surface area contributed by atoms with Gasteiger partial charge in [0.2, 0.25) is 0 Å². The molecule has 0 aromatic rings. The Labute approximate surface area is 53.2 Å². The Morgan fingerprint density at radius 3 is 1.29 bits per heavy atom. The molecule has 2 N–H and O–H groups in total. The van der Waals surface area contributed by atoms with Gasteiger partial charge in [0, 0.05) is 0 Å². The summed E-state index contributed by atoms with van der Waals surface area (Å²) in [5.41, 5.74) is 0. The van der Waals surface area contributed by atoms with Gasteiger partial charge in [-0.05, 0) is 0 Å². The van der Waals surface area contributed by atoms with Crippen molar-refractivity contribution >= 4 is 21.0 Å². The Bertz CT molecular complexity index is 104. The summed E-state index contributed by atoms with van der Waals surface area (Å²) >= 11 is 3.77. The van der Waals surface area contributed by atoms with Gasteiger partial charge in [-0.3, -0.25) is 9.11 Å².